The van der Waals surface area contributed by atoms with E-state index in [4.69, 9.17) is 17.0 Å². The Bertz CT molecular complexity index is 1310. The molecule has 0 radical (unpaired) electrons. The summed E-state index contributed by atoms with van der Waals surface area (Å²) in [6.07, 6.45) is 1.07. The monoisotopic (exact) mass is 430 g/mol. The van der Waals surface area contributed by atoms with Gasteiger partial charge in [-0.2, -0.15) is 0 Å². The molecule has 0 spiro atoms. The molecule has 1 heterocycles. The van der Waals surface area contributed by atoms with Crippen LogP contribution in [0.25, 0.3) is 11.0 Å². The molecule has 0 atom stereocenters. The molecule has 0 saturated heterocycles. The first-order chi connectivity index (χ1) is 15.0. The van der Waals surface area contributed by atoms with Gasteiger partial charge in [0, 0.05) is 18.5 Å². The van der Waals surface area contributed by atoms with Crippen molar-refractivity contribution in [1.29, 1.82) is 0 Å². The van der Waals surface area contributed by atoms with E-state index < -0.39 is 5.97 Å². The molecule has 1 N–H and O–H groups in total. The second kappa shape index (κ2) is 9.10. The number of hydrogen-bond donors (Lipinski definition) is 1. The molecule has 0 aliphatic heterocycles. The summed E-state index contributed by atoms with van der Waals surface area (Å²) in [6, 6.07) is 22.8. The van der Waals surface area contributed by atoms with Crippen molar-refractivity contribution in [2.75, 3.05) is 7.11 Å². The molecule has 6 heteroatoms. The standard InChI is InChI=1S/C25H22N2O3S/c1-30-24(29)20-9-5-8-18(14-20)15-23(28)19-10-11-22-21(16-19)26-25(31)27(22)13-12-17-6-3-2-4-7-17/h2-11,14,16H,12-13,15H2,1H3,(H,26,31). The van der Waals surface area contributed by atoms with Crippen LogP contribution in [0.5, 0.6) is 0 Å². The van der Waals surface area contributed by atoms with E-state index in [9.17, 15) is 9.59 Å². The third-order valence-electron chi connectivity index (χ3n) is 5.28. The number of aryl methyl sites for hydroxylation is 2. The average Bonchev–Trinajstić information content (AvgIpc) is 3.12. The predicted octanol–water partition coefficient (Wildman–Crippen LogP) is 5.15. The first-order valence-electron chi connectivity index (χ1n) is 10.0. The number of carbonyl (C=O) groups is 2. The molecule has 3 aromatic carbocycles. The molecular weight excluding hydrogens is 408 g/mol. The molecular formula is C25H22N2O3S. The van der Waals surface area contributed by atoms with Gasteiger partial charge >= 0.3 is 5.97 Å². The van der Waals surface area contributed by atoms with Gasteiger partial charge in [-0.25, -0.2) is 4.79 Å². The Hall–Kier alpha value is -3.51. The molecule has 4 rings (SSSR count). The molecule has 0 fully saturated rings. The Labute approximate surface area is 185 Å². The maximum atomic E-state index is 12.8. The minimum Gasteiger partial charge on any atom is -0.465 e. The Kier molecular flexibility index (Phi) is 6.09. The zero-order valence-corrected chi connectivity index (χ0v) is 17.9. The number of carbonyl (C=O) groups excluding carboxylic acids is 2. The third-order valence-corrected chi connectivity index (χ3v) is 5.60. The Balaban J connectivity index is 1.53. The van der Waals surface area contributed by atoms with Crippen molar-refractivity contribution in [2.45, 2.75) is 19.4 Å². The van der Waals surface area contributed by atoms with Crippen LogP contribution in [-0.4, -0.2) is 28.4 Å². The molecule has 4 aromatic rings. The molecule has 31 heavy (non-hydrogen) atoms. The van der Waals surface area contributed by atoms with Crippen LogP contribution in [0.4, 0.5) is 0 Å². The van der Waals surface area contributed by atoms with Crippen molar-refractivity contribution in [3.05, 3.63) is 99.8 Å². The summed E-state index contributed by atoms with van der Waals surface area (Å²) >= 11 is 5.51. The number of aromatic amines is 1. The second-order valence-electron chi connectivity index (χ2n) is 7.34. The lowest BCUT2D eigenvalue weighted by molar-refractivity contribution is 0.0600. The van der Waals surface area contributed by atoms with E-state index in [2.05, 4.69) is 21.7 Å². The Morgan fingerprint density at radius 3 is 2.48 bits per heavy atom. The number of benzene rings is 3. The summed E-state index contributed by atoms with van der Waals surface area (Å²) in [4.78, 5) is 27.8. The van der Waals surface area contributed by atoms with E-state index in [-0.39, 0.29) is 12.2 Å². The van der Waals surface area contributed by atoms with Crippen molar-refractivity contribution in [3.63, 3.8) is 0 Å². The summed E-state index contributed by atoms with van der Waals surface area (Å²) in [5.41, 5.74) is 4.86. The van der Waals surface area contributed by atoms with E-state index in [1.807, 2.05) is 42.5 Å². The van der Waals surface area contributed by atoms with Crippen molar-refractivity contribution < 1.29 is 14.3 Å². The Morgan fingerprint density at radius 1 is 0.935 bits per heavy atom. The van der Waals surface area contributed by atoms with Gasteiger partial charge in [0.05, 0.1) is 23.7 Å². The van der Waals surface area contributed by atoms with Crippen molar-refractivity contribution >= 4 is 35.0 Å². The minimum atomic E-state index is -0.417. The number of hydrogen-bond acceptors (Lipinski definition) is 4. The van der Waals surface area contributed by atoms with Crippen LogP contribution in [0, 0.1) is 4.77 Å². The lowest BCUT2D eigenvalue weighted by Gasteiger charge is -2.06. The number of imidazole rings is 1. The fourth-order valence-electron chi connectivity index (χ4n) is 3.66. The number of nitrogens with one attached hydrogen (secondary N) is 1. The van der Waals surface area contributed by atoms with Crippen LogP contribution in [0.1, 0.15) is 31.8 Å². The summed E-state index contributed by atoms with van der Waals surface area (Å²) < 4.78 is 7.45. The molecule has 1 aromatic heterocycles. The van der Waals surface area contributed by atoms with Crippen LogP contribution < -0.4 is 0 Å². The predicted molar refractivity (Wildman–Crippen MR) is 123 cm³/mol. The average molecular weight is 431 g/mol. The smallest absolute Gasteiger partial charge is 0.337 e. The highest BCUT2D eigenvalue weighted by Gasteiger charge is 2.13. The number of rotatable bonds is 7. The zero-order valence-electron chi connectivity index (χ0n) is 17.1. The fraction of sp³-hybridized carbons (Fsp3) is 0.160. The number of fused-ring (bicyclic) bond motifs is 1. The van der Waals surface area contributed by atoms with Gasteiger partial charge in [-0.1, -0.05) is 42.5 Å². The fourth-order valence-corrected chi connectivity index (χ4v) is 3.96. The van der Waals surface area contributed by atoms with Crippen LogP contribution in [-0.2, 0) is 24.1 Å². The van der Waals surface area contributed by atoms with E-state index >= 15 is 0 Å². The van der Waals surface area contributed by atoms with Gasteiger partial charge in [-0.05, 0) is 60.1 Å². The zero-order chi connectivity index (χ0) is 21.8. The van der Waals surface area contributed by atoms with E-state index in [0.29, 0.717) is 15.9 Å². The number of ether oxygens (including phenoxy) is 1. The highest BCUT2D eigenvalue weighted by atomic mass is 32.1. The third kappa shape index (κ3) is 4.64. The molecule has 0 bridgehead atoms. The normalized spacial score (nSPS) is 10.9. The first kappa shape index (κ1) is 20.8. The molecule has 156 valence electrons. The molecule has 5 nitrogen and oxygen atoms in total. The quantitative estimate of drug-likeness (QED) is 0.250. The lowest BCUT2D eigenvalue weighted by atomic mass is 10.0. The number of ketones is 1. The van der Waals surface area contributed by atoms with E-state index in [0.717, 1.165) is 29.6 Å². The minimum absolute atomic E-state index is 0.0275. The molecule has 0 amide bonds. The summed E-state index contributed by atoms with van der Waals surface area (Å²) in [5, 5.41) is 0. The van der Waals surface area contributed by atoms with Crippen LogP contribution in [0.2, 0.25) is 0 Å². The Morgan fingerprint density at radius 2 is 1.71 bits per heavy atom. The lowest BCUT2D eigenvalue weighted by Crippen LogP contribution is -2.06. The maximum absolute atomic E-state index is 12.8. The SMILES string of the molecule is COC(=O)c1cccc(CC(=O)c2ccc3c(c2)[nH]c(=S)n3CCc2ccccc2)c1. The van der Waals surface area contributed by atoms with Gasteiger partial charge in [0.1, 0.15) is 0 Å². The number of Topliss-reactive ketones (excluding diaryl/α,β-unsaturated/α-hetero) is 1. The molecule has 0 aliphatic carbocycles. The molecule has 0 aliphatic rings. The van der Waals surface area contributed by atoms with Gasteiger partial charge in [0.2, 0.25) is 0 Å². The number of nitrogens with zero attached hydrogens (tertiary/aromatic N) is 1. The first-order valence-corrected chi connectivity index (χ1v) is 10.4. The van der Waals surface area contributed by atoms with Crippen molar-refractivity contribution in [3.8, 4) is 0 Å². The molecule has 0 unspecified atom stereocenters. The maximum Gasteiger partial charge on any atom is 0.337 e. The van der Waals surface area contributed by atoms with Gasteiger partial charge in [-0.3, -0.25) is 4.79 Å². The highest BCUT2D eigenvalue weighted by molar-refractivity contribution is 7.71. The van der Waals surface area contributed by atoms with E-state index in [1.54, 1.807) is 18.2 Å². The van der Waals surface area contributed by atoms with Crippen LogP contribution in [0.3, 0.4) is 0 Å². The second-order valence-corrected chi connectivity index (χ2v) is 7.73. The molecule has 0 saturated carbocycles. The summed E-state index contributed by atoms with van der Waals surface area (Å²) in [6.45, 7) is 0.760. The number of aromatic nitrogens is 2. The van der Waals surface area contributed by atoms with Crippen LogP contribution >= 0.6 is 12.2 Å². The number of methoxy groups -OCH3 is 1. The number of H-pyrrole nitrogens is 1. The van der Waals surface area contributed by atoms with E-state index in [1.165, 1.54) is 12.7 Å². The van der Waals surface area contributed by atoms with Crippen molar-refractivity contribution in [1.82, 2.24) is 9.55 Å². The highest BCUT2D eigenvalue weighted by Crippen LogP contribution is 2.19. The van der Waals surface area contributed by atoms with Crippen LogP contribution in [0.15, 0.2) is 72.8 Å². The van der Waals surface area contributed by atoms with Gasteiger partial charge in [0.15, 0.2) is 10.6 Å². The number of esters is 1. The largest absolute Gasteiger partial charge is 0.465 e. The van der Waals surface area contributed by atoms with Gasteiger partial charge in [-0.15, -0.1) is 0 Å². The van der Waals surface area contributed by atoms with Gasteiger partial charge < -0.3 is 14.3 Å². The topological polar surface area (TPSA) is 64.1 Å². The van der Waals surface area contributed by atoms with Crippen molar-refractivity contribution in [2.24, 2.45) is 0 Å². The summed E-state index contributed by atoms with van der Waals surface area (Å²) in [5.74, 6) is -0.444. The van der Waals surface area contributed by atoms with Gasteiger partial charge in [0.25, 0.3) is 0 Å². The summed E-state index contributed by atoms with van der Waals surface area (Å²) in [7, 11) is 1.34.